The lowest BCUT2D eigenvalue weighted by atomic mass is 10.0. The fourth-order valence-electron chi connectivity index (χ4n) is 2.00. The molecule has 0 spiro atoms. The minimum Gasteiger partial charge on any atom is -0.378 e. The second kappa shape index (κ2) is 8.41. The molecule has 0 fully saturated rings. The zero-order chi connectivity index (χ0) is 15.2. The van der Waals surface area contributed by atoms with Gasteiger partial charge in [-0.1, -0.05) is 38.5 Å². The summed E-state index contributed by atoms with van der Waals surface area (Å²) in [6, 6.07) is 0. The van der Waals surface area contributed by atoms with Gasteiger partial charge >= 0.3 is 0 Å². The number of hydrogen-bond acceptors (Lipinski definition) is 2. The van der Waals surface area contributed by atoms with Crippen LogP contribution in [0.3, 0.4) is 0 Å². The van der Waals surface area contributed by atoms with E-state index in [1.165, 1.54) is 39.7 Å². The maximum atomic E-state index is 9.79. The molecule has 0 atom stereocenters. The Morgan fingerprint density at radius 2 is 1.65 bits per heavy atom. The molecule has 1 rings (SSSR count). The first-order valence-corrected chi connectivity index (χ1v) is 9.34. The van der Waals surface area contributed by atoms with Crippen molar-refractivity contribution in [2.24, 2.45) is 0 Å². The van der Waals surface area contributed by atoms with E-state index in [-0.39, 0.29) is 0 Å². The Labute approximate surface area is 141 Å². The third-order valence-electron chi connectivity index (χ3n) is 3.11. The molecule has 0 unspecified atom stereocenters. The third kappa shape index (κ3) is 5.75. The van der Waals surface area contributed by atoms with Gasteiger partial charge in [0, 0.05) is 0 Å². The predicted molar refractivity (Wildman–Crippen MR) is 97.4 cm³/mol. The van der Waals surface area contributed by atoms with Crippen molar-refractivity contribution in [1.29, 1.82) is 0 Å². The van der Waals surface area contributed by atoms with Gasteiger partial charge in [-0.3, -0.25) is 0 Å². The minimum atomic E-state index is -0.916. The van der Waals surface area contributed by atoms with Crippen molar-refractivity contribution in [3.8, 4) is 11.8 Å². The lowest BCUT2D eigenvalue weighted by Crippen LogP contribution is -2.14. The second-order valence-electron chi connectivity index (χ2n) is 5.68. The molecule has 0 aliphatic rings. The highest BCUT2D eigenvalue weighted by atomic mass is 127. The summed E-state index contributed by atoms with van der Waals surface area (Å²) in [7, 11) is 0. The Morgan fingerprint density at radius 1 is 1.10 bits per heavy atom. The van der Waals surface area contributed by atoms with E-state index in [1.54, 1.807) is 25.2 Å². The number of aliphatic hydroxyl groups is 1. The zero-order valence-corrected chi connectivity index (χ0v) is 16.0. The van der Waals surface area contributed by atoms with Crippen LogP contribution in [0.2, 0.25) is 0 Å². The summed E-state index contributed by atoms with van der Waals surface area (Å²) in [5.74, 6) is 6.18. The van der Waals surface area contributed by atoms with Crippen LogP contribution in [0.25, 0.3) is 0 Å². The molecule has 0 bridgehead atoms. The van der Waals surface area contributed by atoms with E-state index < -0.39 is 5.60 Å². The van der Waals surface area contributed by atoms with Crippen molar-refractivity contribution in [1.82, 2.24) is 0 Å². The predicted octanol–water partition coefficient (Wildman–Crippen LogP) is 5.16. The highest BCUT2D eigenvalue weighted by Gasteiger charge is 2.15. The number of unbranched alkanes of at least 4 members (excludes halogenated alkanes) is 2. The first kappa shape index (κ1) is 18.0. The topological polar surface area (TPSA) is 20.2 Å². The molecule has 0 aliphatic heterocycles. The molecule has 1 aromatic heterocycles. The van der Waals surface area contributed by atoms with Crippen LogP contribution in [0.15, 0.2) is 0 Å². The Balaban J connectivity index is 3.11. The summed E-state index contributed by atoms with van der Waals surface area (Å²) < 4.78 is 1.38. The highest BCUT2D eigenvalue weighted by Crippen LogP contribution is 2.32. The molecule has 1 N–H and O–H groups in total. The molecule has 3 heteroatoms. The molecule has 0 amide bonds. The van der Waals surface area contributed by atoms with Crippen LogP contribution >= 0.6 is 33.9 Å². The Morgan fingerprint density at radius 3 is 2.15 bits per heavy atom. The van der Waals surface area contributed by atoms with E-state index in [0.717, 1.165) is 17.7 Å². The second-order valence-corrected chi connectivity index (χ2v) is 8.51. The Kier molecular flexibility index (Phi) is 7.57. The number of halogens is 1. The van der Waals surface area contributed by atoms with E-state index >= 15 is 0 Å². The Hall–Kier alpha value is -0.0500. The fourth-order valence-corrected chi connectivity index (χ4v) is 4.23. The van der Waals surface area contributed by atoms with Gasteiger partial charge in [0.25, 0.3) is 0 Å². The largest absolute Gasteiger partial charge is 0.378 e. The van der Waals surface area contributed by atoms with Gasteiger partial charge < -0.3 is 5.11 Å². The van der Waals surface area contributed by atoms with Crippen molar-refractivity contribution >= 4 is 33.9 Å². The number of rotatable bonds is 6. The normalized spacial score (nSPS) is 11.3. The fraction of sp³-hybridized carbons (Fsp3) is 0.647. The smallest absolute Gasteiger partial charge is 0.120 e. The monoisotopic (exact) mass is 404 g/mol. The third-order valence-corrected chi connectivity index (χ3v) is 5.40. The van der Waals surface area contributed by atoms with E-state index in [1.807, 2.05) is 0 Å². The van der Waals surface area contributed by atoms with Crippen molar-refractivity contribution in [3.05, 3.63) is 18.9 Å². The quantitative estimate of drug-likeness (QED) is 0.513. The Bertz CT molecular complexity index is 486. The van der Waals surface area contributed by atoms with Gasteiger partial charge in [-0.15, -0.1) is 11.3 Å². The van der Waals surface area contributed by atoms with Crippen molar-refractivity contribution in [2.45, 2.75) is 71.8 Å². The van der Waals surface area contributed by atoms with Gasteiger partial charge in [-0.05, 0) is 73.2 Å². The molecular weight excluding hydrogens is 379 g/mol. The van der Waals surface area contributed by atoms with Crippen LogP contribution < -0.4 is 0 Å². The molecule has 1 nitrogen and oxygen atoms in total. The number of thiophene rings is 1. The summed E-state index contributed by atoms with van der Waals surface area (Å²) in [4.78, 5) is 1.16. The molecule has 1 heterocycles. The molecule has 112 valence electrons. The molecule has 20 heavy (non-hydrogen) atoms. The lowest BCUT2D eigenvalue weighted by molar-refractivity contribution is 0.143. The minimum absolute atomic E-state index is 0.916. The van der Waals surface area contributed by atoms with Crippen molar-refractivity contribution in [2.75, 3.05) is 0 Å². The van der Waals surface area contributed by atoms with Crippen molar-refractivity contribution in [3.63, 3.8) is 0 Å². The molecule has 0 aliphatic carbocycles. The summed E-state index contributed by atoms with van der Waals surface area (Å²) in [6.07, 6.45) is 7.16. The van der Waals surface area contributed by atoms with Gasteiger partial charge in [0.15, 0.2) is 0 Å². The molecule has 0 saturated carbocycles. The zero-order valence-electron chi connectivity index (χ0n) is 13.0. The van der Waals surface area contributed by atoms with Gasteiger partial charge in [0.1, 0.15) is 5.60 Å². The molecule has 0 saturated heterocycles. The standard InChI is InChI=1S/C17H25IOS/c1-5-7-9-13-14(10-8-6-2)16(18)20-15(13)11-12-17(3,4)19/h19H,5-10H2,1-4H3. The average Bonchev–Trinajstić information content (AvgIpc) is 2.66. The van der Waals surface area contributed by atoms with Gasteiger partial charge in [0.2, 0.25) is 0 Å². The van der Waals surface area contributed by atoms with Gasteiger partial charge in [0.05, 0.1) is 7.76 Å². The van der Waals surface area contributed by atoms with Crippen LogP contribution in [-0.4, -0.2) is 10.7 Å². The SMILES string of the molecule is CCCCc1c(I)sc(C#CC(C)(C)O)c1CCCC. The maximum absolute atomic E-state index is 9.79. The summed E-state index contributed by atoms with van der Waals surface area (Å²) in [5, 5.41) is 9.79. The highest BCUT2D eigenvalue weighted by molar-refractivity contribution is 14.1. The summed E-state index contributed by atoms with van der Waals surface area (Å²) in [5.41, 5.74) is 2.03. The van der Waals surface area contributed by atoms with Crippen LogP contribution in [-0.2, 0) is 12.8 Å². The van der Waals surface area contributed by atoms with Crippen molar-refractivity contribution < 1.29 is 5.11 Å². The van der Waals surface area contributed by atoms with Crippen LogP contribution in [0.5, 0.6) is 0 Å². The first-order chi connectivity index (χ1) is 9.39. The molecular formula is C17H25IOS. The van der Waals surface area contributed by atoms with Gasteiger partial charge in [-0.25, -0.2) is 0 Å². The first-order valence-electron chi connectivity index (χ1n) is 7.44. The molecule has 1 aromatic rings. The maximum Gasteiger partial charge on any atom is 0.120 e. The lowest BCUT2D eigenvalue weighted by Gasteiger charge is -2.07. The van der Waals surface area contributed by atoms with E-state index in [4.69, 9.17) is 0 Å². The van der Waals surface area contributed by atoms with E-state index in [9.17, 15) is 5.11 Å². The van der Waals surface area contributed by atoms with Gasteiger partial charge in [-0.2, -0.15) is 0 Å². The summed E-state index contributed by atoms with van der Waals surface area (Å²) in [6.45, 7) is 7.94. The molecule has 0 aromatic carbocycles. The average molecular weight is 404 g/mol. The number of hydrogen-bond donors (Lipinski definition) is 1. The molecule has 0 radical (unpaired) electrons. The van der Waals surface area contributed by atoms with Crippen LogP contribution in [0, 0.1) is 14.7 Å². The van der Waals surface area contributed by atoms with Crippen LogP contribution in [0.1, 0.15) is 69.4 Å². The van der Waals surface area contributed by atoms with E-state index in [0.29, 0.717) is 0 Å². The summed E-state index contributed by atoms with van der Waals surface area (Å²) >= 11 is 4.23. The van der Waals surface area contributed by atoms with Crippen LogP contribution in [0.4, 0.5) is 0 Å². The van der Waals surface area contributed by atoms with E-state index in [2.05, 4.69) is 48.3 Å².